The Balaban J connectivity index is 1.23. The maximum Gasteiger partial charge on any atom is 0.254 e. The Morgan fingerprint density at radius 2 is 1.71 bits per heavy atom. The van der Waals surface area contributed by atoms with Crippen molar-refractivity contribution >= 4 is 35.0 Å². The predicted octanol–water partition coefficient (Wildman–Crippen LogP) is 3.12. The first kappa shape index (κ1) is 22.4. The first-order valence-electron chi connectivity index (χ1n) is 12.2. The number of carbonyl (C=O) groups is 2. The van der Waals surface area contributed by atoms with E-state index < -0.39 is 5.91 Å². The number of aromatic nitrogens is 2. The van der Waals surface area contributed by atoms with Crippen molar-refractivity contribution in [3.63, 3.8) is 0 Å². The van der Waals surface area contributed by atoms with E-state index in [0.29, 0.717) is 28.8 Å². The summed E-state index contributed by atoms with van der Waals surface area (Å²) < 4.78 is 0. The topological polar surface area (TPSA) is 116 Å². The van der Waals surface area contributed by atoms with Gasteiger partial charge in [-0.1, -0.05) is 0 Å². The van der Waals surface area contributed by atoms with Crippen molar-refractivity contribution in [1.82, 2.24) is 14.9 Å². The van der Waals surface area contributed by atoms with Gasteiger partial charge in [-0.15, -0.1) is 0 Å². The fraction of sp³-hybridized carbons (Fsp3) is 0.520. The van der Waals surface area contributed by atoms with E-state index in [1.54, 1.807) is 6.92 Å². The number of amides is 2. The first-order chi connectivity index (χ1) is 16.4. The summed E-state index contributed by atoms with van der Waals surface area (Å²) in [6.45, 7) is 4.75. The lowest BCUT2D eigenvalue weighted by Crippen LogP contribution is -2.48. The van der Waals surface area contributed by atoms with Gasteiger partial charge in [-0.05, 0) is 68.2 Å². The van der Waals surface area contributed by atoms with Gasteiger partial charge in [-0.25, -0.2) is 4.98 Å². The van der Waals surface area contributed by atoms with Crippen molar-refractivity contribution in [3.05, 3.63) is 36.0 Å². The number of primary amides is 1. The van der Waals surface area contributed by atoms with Crippen molar-refractivity contribution in [1.29, 1.82) is 0 Å². The molecule has 9 nitrogen and oxygen atoms in total. The minimum atomic E-state index is -0.530. The first-order valence-corrected chi connectivity index (χ1v) is 12.2. The summed E-state index contributed by atoms with van der Waals surface area (Å²) >= 11 is 0. The highest BCUT2D eigenvalue weighted by molar-refractivity contribution is 5.97. The van der Waals surface area contributed by atoms with Crippen LogP contribution in [0.4, 0.5) is 23.1 Å². The number of anilines is 4. The molecule has 180 valence electrons. The molecular formula is C25H33N7O2. The number of hydrogen-bond acceptors (Lipinski definition) is 7. The Kier molecular flexibility index (Phi) is 6.02. The highest BCUT2D eigenvalue weighted by Gasteiger charge is 2.44. The van der Waals surface area contributed by atoms with Crippen LogP contribution < -0.4 is 21.3 Å². The van der Waals surface area contributed by atoms with Crippen molar-refractivity contribution < 1.29 is 9.59 Å². The van der Waals surface area contributed by atoms with Gasteiger partial charge >= 0.3 is 0 Å². The minimum Gasteiger partial charge on any atom is -0.368 e. The second-order valence-electron chi connectivity index (χ2n) is 9.90. The van der Waals surface area contributed by atoms with Crippen LogP contribution in [0.2, 0.25) is 0 Å². The summed E-state index contributed by atoms with van der Waals surface area (Å²) in [4.78, 5) is 36.5. The van der Waals surface area contributed by atoms with Gasteiger partial charge < -0.3 is 26.2 Å². The van der Waals surface area contributed by atoms with E-state index in [2.05, 4.69) is 37.6 Å². The van der Waals surface area contributed by atoms with Gasteiger partial charge in [0.05, 0.1) is 5.56 Å². The fourth-order valence-electron chi connectivity index (χ4n) is 5.14. The van der Waals surface area contributed by atoms with Crippen LogP contribution in [-0.2, 0) is 4.79 Å². The normalized spacial score (nSPS) is 19.7. The molecule has 1 aromatic carbocycles. The standard InChI is InChI=1S/C25H33N7O2/c1-17(33)31-12-14-32(15-13-31)20-4-2-18(3-5-20)29-24-27-16-21(22(26)34)23(30-24)28-19-6-8-25(9-7-19)10-11-25/h2-5,16,19H,6-15H2,1H3,(H2,26,34)(H2,27,28,29,30). The molecule has 2 aromatic rings. The number of nitrogens with one attached hydrogen (secondary N) is 2. The van der Waals surface area contributed by atoms with Crippen molar-refractivity contribution in [3.8, 4) is 0 Å². The minimum absolute atomic E-state index is 0.130. The Labute approximate surface area is 200 Å². The van der Waals surface area contributed by atoms with Crippen LogP contribution in [-0.4, -0.2) is 58.9 Å². The third kappa shape index (κ3) is 4.93. The van der Waals surface area contributed by atoms with Gasteiger partial charge in [0, 0.05) is 56.7 Å². The van der Waals surface area contributed by atoms with Gasteiger partial charge in [0.2, 0.25) is 11.9 Å². The lowest BCUT2D eigenvalue weighted by molar-refractivity contribution is -0.129. The summed E-state index contributed by atoms with van der Waals surface area (Å²) in [6, 6.07) is 8.38. The fourth-order valence-corrected chi connectivity index (χ4v) is 5.14. The molecule has 2 amide bonds. The van der Waals surface area contributed by atoms with Crippen molar-refractivity contribution in [2.75, 3.05) is 41.7 Å². The van der Waals surface area contributed by atoms with Crippen LogP contribution in [0.3, 0.4) is 0 Å². The van der Waals surface area contributed by atoms with Crippen LogP contribution in [0.1, 0.15) is 55.8 Å². The smallest absolute Gasteiger partial charge is 0.254 e. The van der Waals surface area contributed by atoms with Crippen LogP contribution in [0, 0.1) is 5.41 Å². The molecule has 1 aromatic heterocycles. The molecule has 1 saturated heterocycles. The number of hydrogen-bond donors (Lipinski definition) is 3. The van der Waals surface area contributed by atoms with Crippen molar-refractivity contribution in [2.45, 2.75) is 51.5 Å². The number of carbonyl (C=O) groups excluding carboxylic acids is 2. The molecule has 2 heterocycles. The molecule has 0 bridgehead atoms. The molecule has 9 heteroatoms. The number of nitrogens with two attached hydrogens (primary N) is 1. The molecular weight excluding hydrogens is 430 g/mol. The number of piperazine rings is 1. The second kappa shape index (κ2) is 9.12. The van der Waals surface area contributed by atoms with E-state index in [9.17, 15) is 9.59 Å². The monoisotopic (exact) mass is 463 g/mol. The summed E-state index contributed by atoms with van der Waals surface area (Å²) in [5.74, 6) is 0.523. The van der Waals surface area contributed by atoms with Gasteiger partial charge in [-0.3, -0.25) is 9.59 Å². The zero-order valence-corrected chi connectivity index (χ0v) is 19.7. The van der Waals surface area contributed by atoms with Gasteiger partial charge in [0.1, 0.15) is 5.82 Å². The van der Waals surface area contributed by atoms with E-state index in [-0.39, 0.29) is 5.91 Å². The Morgan fingerprint density at radius 3 is 2.29 bits per heavy atom. The highest BCUT2D eigenvalue weighted by Crippen LogP contribution is 2.56. The zero-order chi connectivity index (χ0) is 23.7. The maximum absolute atomic E-state index is 11.9. The zero-order valence-electron chi connectivity index (χ0n) is 19.7. The third-order valence-electron chi connectivity index (χ3n) is 7.61. The van der Waals surface area contributed by atoms with Gasteiger partial charge in [0.25, 0.3) is 5.91 Å². The van der Waals surface area contributed by atoms with Crippen LogP contribution in [0.5, 0.6) is 0 Å². The quantitative estimate of drug-likeness (QED) is 0.603. The van der Waals surface area contributed by atoms with Gasteiger partial charge in [-0.2, -0.15) is 4.98 Å². The molecule has 1 spiro atoms. The van der Waals surface area contributed by atoms with Crippen LogP contribution in [0.15, 0.2) is 30.5 Å². The van der Waals surface area contributed by atoms with Crippen molar-refractivity contribution in [2.24, 2.45) is 11.1 Å². The molecule has 0 atom stereocenters. The highest BCUT2D eigenvalue weighted by atomic mass is 16.2. The number of benzene rings is 1. The van der Waals surface area contributed by atoms with E-state index in [0.717, 1.165) is 50.4 Å². The van der Waals surface area contributed by atoms with E-state index in [4.69, 9.17) is 5.73 Å². The maximum atomic E-state index is 11.9. The van der Waals surface area contributed by atoms with Gasteiger partial charge in [0.15, 0.2) is 0 Å². The molecule has 34 heavy (non-hydrogen) atoms. The van der Waals surface area contributed by atoms with Crippen LogP contribution in [0.25, 0.3) is 0 Å². The van der Waals surface area contributed by atoms with E-state index >= 15 is 0 Å². The number of nitrogens with zero attached hydrogens (tertiary/aromatic N) is 4. The summed E-state index contributed by atoms with van der Waals surface area (Å²) in [6.07, 6.45) is 8.88. The summed E-state index contributed by atoms with van der Waals surface area (Å²) in [5, 5.41) is 6.70. The Bertz CT molecular complexity index is 1050. The summed E-state index contributed by atoms with van der Waals surface area (Å²) in [7, 11) is 0. The Hall–Kier alpha value is -3.36. The molecule has 0 radical (unpaired) electrons. The molecule has 3 aliphatic rings. The van der Waals surface area contributed by atoms with E-state index in [1.165, 1.54) is 31.9 Å². The molecule has 2 saturated carbocycles. The Morgan fingerprint density at radius 1 is 1.03 bits per heavy atom. The third-order valence-corrected chi connectivity index (χ3v) is 7.61. The van der Waals surface area contributed by atoms with Crippen LogP contribution >= 0.6 is 0 Å². The molecule has 5 rings (SSSR count). The summed E-state index contributed by atoms with van der Waals surface area (Å²) in [5.41, 5.74) is 8.48. The lowest BCUT2D eigenvalue weighted by Gasteiger charge is -2.35. The molecule has 4 N–H and O–H groups in total. The molecule has 0 unspecified atom stereocenters. The SMILES string of the molecule is CC(=O)N1CCN(c2ccc(Nc3ncc(C(N)=O)c(NC4CCC5(CC4)CC5)n3)cc2)CC1. The average Bonchev–Trinajstić information content (AvgIpc) is 3.60. The predicted molar refractivity (Wildman–Crippen MR) is 132 cm³/mol. The second-order valence-corrected chi connectivity index (χ2v) is 9.90. The number of rotatable bonds is 6. The molecule has 3 fully saturated rings. The molecule has 2 aliphatic carbocycles. The van der Waals surface area contributed by atoms with E-state index in [1.807, 2.05) is 17.0 Å². The molecule has 1 aliphatic heterocycles. The average molecular weight is 464 g/mol. The largest absolute Gasteiger partial charge is 0.368 e. The lowest BCUT2D eigenvalue weighted by atomic mass is 9.83.